The fraction of sp³-hybridized carbons (Fsp3) is 0.750. The molecule has 0 fully saturated rings. The standard InChI is InChI=1S/C12H22N4O3/c1-19-12-11(16(17)18)10-15(14-12)9-7-5-3-2-4-6-8-13/h10H,2-9,13H2,1H3. The van der Waals surface area contributed by atoms with Crippen molar-refractivity contribution < 1.29 is 9.66 Å². The first-order chi connectivity index (χ1) is 9.19. The Hall–Kier alpha value is -1.63. The lowest BCUT2D eigenvalue weighted by Crippen LogP contribution is -1.99. The largest absolute Gasteiger partial charge is 0.475 e. The van der Waals surface area contributed by atoms with Crippen LogP contribution in [0.15, 0.2) is 6.20 Å². The lowest BCUT2D eigenvalue weighted by molar-refractivity contribution is -0.385. The Morgan fingerprint density at radius 3 is 2.47 bits per heavy atom. The second-order valence-electron chi connectivity index (χ2n) is 4.45. The molecule has 0 aliphatic rings. The molecule has 1 heterocycles. The van der Waals surface area contributed by atoms with Gasteiger partial charge in [0, 0.05) is 6.54 Å². The maximum absolute atomic E-state index is 10.7. The van der Waals surface area contributed by atoms with E-state index in [0.29, 0.717) is 6.54 Å². The first-order valence-electron chi connectivity index (χ1n) is 6.65. The number of hydrogen-bond acceptors (Lipinski definition) is 5. The van der Waals surface area contributed by atoms with Gasteiger partial charge < -0.3 is 10.5 Å². The van der Waals surface area contributed by atoms with Gasteiger partial charge in [0.1, 0.15) is 6.20 Å². The zero-order valence-electron chi connectivity index (χ0n) is 11.4. The quantitative estimate of drug-likeness (QED) is 0.399. The molecule has 0 aliphatic heterocycles. The van der Waals surface area contributed by atoms with Crippen LogP contribution in [0.4, 0.5) is 5.69 Å². The number of nitrogens with zero attached hydrogens (tertiary/aromatic N) is 3. The van der Waals surface area contributed by atoms with Crippen molar-refractivity contribution in [3.63, 3.8) is 0 Å². The number of nitrogens with two attached hydrogens (primary N) is 1. The van der Waals surface area contributed by atoms with Crippen molar-refractivity contribution >= 4 is 5.69 Å². The average molecular weight is 270 g/mol. The van der Waals surface area contributed by atoms with E-state index in [1.807, 2.05) is 0 Å². The van der Waals surface area contributed by atoms with Crippen LogP contribution in [-0.4, -0.2) is 28.4 Å². The van der Waals surface area contributed by atoms with Crippen LogP contribution in [0.1, 0.15) is 38.5 Å². The molecule has 0 bridgehead atoms. The SMILES string of the molecule is COc1nn(CCCCCCCCN)cc1[N+](=O)[O-]. The van der Waals surface area contributed by atoms with E-state index in [4.69, 9.17) is 10.5 Å². The molecule has 0 unspecified atom stereocenters. The summed E-state index contributed by atoms with van der Waals surface area (Å²) in [6, 6.07) is 0. The number of hydrogen-bond donors (Lipinski definition) is 1. The van der Waals surface area contributed by atoms with Gasteiger partial charge in [-0.1, -0.05) is 25.7 Å². The number of methoxy groups -OCH3 is 1. The summed E-state index contributed by atoms with van der Waals surface area (Å²) in [6.45, 7) is 1.44. The molecule has 0 atom stereocenters. The Balaban J connectivity index is 2.28. The van der Waals surface area contributed by atoms with Crippen molar-refractivity contribution in [3.8, 4) is 5.88 Å². The highest BCUT2D eigenvalue weighted by Gasteiger charge is 2.19. The van der Waals surface area contributed by atoms with Crippen LogP contribution in [0.5, 0.6) is 5.88 Å². The van der Waals surface area contributed by atoms with Crippen LogP contribution in [0.2, 0.25) is 0 Å². The Morgan fingerprint density at radius 2 is 1.95 bits per heavy atom. The molecule has 2 N–H and O–H groups in total. The molecule has 108 valence electrons. The molecule has 0 aromatic carbocycles. The van der Waals surface area contributed by atoms with Gasteiger partial charge in [0.15, 0.2) is 0 Å². The second kappa shape index (κ2) is 8.47. The first-order valence-corrected chi connectivity index (χ1v) is 6.65. The highest BCUT2D eigenvalue weighted by atomic mass is 16.6. The normalized spacial score (nSPS) is 10.6. The molecule has 7 nitrogen and oxygen atoms in total. The van der Waals surface area contributed by atoms with E-state index in [1.54, 1.807) is 4.68 Å². The molecule has 0 amide bonds. The van der Waals surface area contributed by atoms with Crippen molar-refractivity contribution in [1.29, 1.82) is 0 Å². The van der Waals surface area contributed by atoms with E-state index >= 15 is 0 Å². The zero-order chi connectivity index (χ0) is 14.1. The van der Waals surface area contributed by atoms with E-state index < -0.39 is 4.92 Å². The number of aryl methyl sites for hydroxylation is 1. The number of rotatable bonds is 10. The molecule has 1 aromatic heterocycles. The number of aromatic nitrogens is 2. The van der Waals surface area contributed by atoms with Gasteiger partial charge >= 0.3 is 11.6 Å². The van der Waals surface area contributed by atoms with Crippen LogP contribution in [0.25, 0.3) is 0 Å². The second-order valence-corrected chi connectivity index (χ2v) is 4.45. The Labute approximate surface area is 112 Å². The molecule has 0 spiro atoms. The summed E-state index contributed by atoms with van der Waals surface area (Å²) in [4.78, 5) is 10.3. The lowest BCUT2D eigenvalue weighted by Gasteiger charge is -2.01. The van der Waals surface area contributed by atoms with Crippen molar-refractivity contribution in [2.45, 2.75) is 45.1 Å². The number of nitro groups is 1. The molecule has 0 radical (unpaired) electrons. The highest BCUT2D eigenvalue weighted by molar-refractivity contribution is 5.38. The van der Waals surface area contributed by atoms with E-state index in [9.17, 15) is 10.1 Å². The molecule has 0 saturated carbocycles. The maximum Gasteiger partial charge on any atom is 0.350 e. The summed E-state index contributed by atoms with van der Waals surface area (Å²) >= 11 is 0. The van der Waals surface area contributed by atoms with Crippen LogP contribution in [0, 0.1) is 10.1 Å². The molecule has 0 aliphatic carbocycles. The van der Waals surface area contributed by atoms with Crippen LogP contribution in [0.3, 0.4) is 0 Å². The first kappa shape index (κ1) is 15.4. The van der Waals surface area contributed by atoms with E-state index in [0.717, 1.165) is 25.8 Å². The summed E-state index contributed by atoms with van der Waals surface area (Å²) in [5, 5.41) is 14.8. The molecular weight excluding hydrogens is 248 g/mol. The van der Waals surface area contributed by atoms with E-state index in [2.05, 4.69) is 5.10 Å². The minimum Gasteiger partial charge on any atom is -0.475 e. The van der Waals surface area contributed by atoms with Crippen LogP contribution in [-0.2, 0) is 6.54 Å². The average Bonchev–Trinajstić information content (AvgIpc) is 2.81. The summed E-state index contributed by atoms with van der Waals surface area (Å²) in [6.07, 6.45) is 8.11. The summed E-state index contributed by atoms with van der Waals surface area (Å²) < 4.78 is 6.45. The molecular formula is C12H22N4O3. The molecule has 1 rings (SSSR count). The highest BCUT2D eigenvalue weighted by Crippen LogP contribution is 2.24. The van der Waals surface area contributed by atoms with Gasteiger partial charge in [0.25, 0.3) is 0 Å². The molecule has 7 heteroatoms. The van der Waals surface area contributed by atoms with Crippen LogP contribution >= 0.6 is 0 Å². The monoisotopic (exact) mass is 270 g/mol. The van der Waals surface area contributed by atoms with Crippen molar-refractivity contribution in [2.75, 3.05) is 13.7 Å². The molecule has 1 aromatic rings. The minimum absolute atomic E-state index is 0.0768. The van der Waals surface area contributed by atoms with Crippen molar-refractivity contribution in [2.24, 2.45) is 5.73 Å². The Morgan fingerprint density at radius 1 is 1.32 bits per heavy atom. The predicted molar refractivity (Wildman–Crippen MR) is 72.2 cm³/mol. The van der Waals surface area contributed by atoms with Gasteiger partial charge in [0.05, 0.1) is 12.0 Å². The third kappa shape index (κ3) is 5.25. The number of ether oxygens (including phenoxy) is 1. The van der Waals surface area contributed by atoms with Crippen LogP contribution < -0.4 is 10.5 Å². The minimum atomic E-state index is -0.477. The van der Waals surface area contributed by atoms with Gasteiger partial charge in [-0.05, 0) is 19.4 Å². The predicted octanol–water partition coefficient (Wildman–Crippen LogP) is 2.10. The maximum atomic E-state index is 10.7. The summed E-state index contributed by atoms with van der Waals surface area (Å²) in [7, 11) is 1.39. The lowest BCUT2D eigenvalue weighted by atomic mass is 10.1. The van der Waals surface area contributed by atoms with Gasteiger partial charge in [-0.25, -0.2) is 0 Å². The van der Waals surface area contributed by atoms with Crippen molar-refractivity contribution in [1.82, 2.24) is 9.78 Å². The van der Waals surface area contributed by atoms with Gasteiger partial charge in [-0.3, -0.25) is 14.8 Å². The fourth-order valence-corrected chi connectivity index (χ4v) is 1.90. The topological polar surface area (TPSA) is 96.2 Å². The zero-order valence-corrected chi connectivity index (χ0v) is 11.4. The van der Waals surface area contributed by atoms with Crippen molar-refractivity contribution in [3.05, 3.63) is 16.3 Å². The van der Waals surface area contributed by atoms with E-state index in [-0.39, 0.29) is 11.6 Å². The van der Waals surface area contributed by atoms with Gasteiger partial charge in [0.2, 0.25) is 0 Å². The molecule has 19 heavy (non-hydrogen) atoms. The smallest absolute Gasteiger partial charge is 0.350 e. The van der Waals surface area contributed by atoms with E-state index in [1.165, 1.54) is 32.6 Å². The third-order valence-electron chi connectivity index (χ3n) is 2.94. The summed E-state index contributed by atoms with van der Waals surface area (Å²) in [5.74, 6) is 0.0768. The Kier molecular flexibility index (Phi) is 6.88. The summed E-state index contributed by atoms with van der Waals surface area (Å²) in [5.41, 5.74) is 5.34. The van der Waals surface area contributed by atoms with Gasteiger partial charge in [-0.15, -0.1) is 5.10 Å². The number of unbranched alkanes of at least 4 members (excludes halogenated alkanes) is 5. The van der Waals surface area contributed by atoms with Gasteiger partial charge in [-0.2, -0.15) is 0 Å². The fourth-order valence-electron chi connectivity index (χ4n) is 1.90. The molecule has 0 saturated heterocycles. The Bertz CT molecular complexity index is 392. The third-order valence-corrected chi connectivity index (χ3v) is 2.94.